The third kappa shape index (κ3) is 4.38. The summed E-state index contributed by atoms with van der Waals surface area (Å²) in [5, 5.41) is 11.8. The van der Waals surface area contributed by atoms with E-state index in [0.717, 1.165) is 54.8 Å². The SMILES string of the molecule is N#Cc1ccccc1C1CN([C@@H]2CCCC[C@@H]2Oc2ccc3c(c2)CN(C2CCC(=O)NC2=O)C3=O)C1. The maximum absolute atomic E-state index is 13.0. The second-order valence-electron chi connectivity index (χ2n) is 10.6. The van der Waals surface area contributed by atoms with Gasteiger partial charge in [-0.3, -0.25) is 24.6 Å². The van der Waals surface area contributed by atoms with Gasteiger partial charge in [0.05, 0.1) is 11.6 Å². The molecule has 3 fully saturated rings. The van der Waals surface area contributed by atoms with Crippen LogP contribution < -0.4 is 10.1 Å². The third-order valence-electron chi connectivity index (χ3n) is 8.35. The number of likely N-dealkylation sites (tertiary alicyclic amines) is 1. The van der Waals surface area contributed by atoms with Gasteiger partial charge in [-0.25, -0.2) is 0 Å². The molecule has 2 aromatic carbocycles. The number of amides is 3. The molecule has 4 aliphatic rings. The van der Waals surface area contributed by atoms with E-state index in [1.165, 1.54) is 6.42 Å². The quantitative estimate of drug-likeness (QED) is 0.636. The topological polar surface area (TPSA) is 103 Å². The fraction of sp³-hybridized carbons (Fsp3) is 0.448. The smallest absolute Gasteiger partial charge is 0.255 e. The number of ether oxygens (including phenoxy) is 1. The van der Waals surface area contributed by atoms with Crippen molar-refractivity contribution in [1.82, 2.24) is 15.1 Å². The summed E-state index contributed by atoms with van der Waals surface area (Å²) < 4.78 is 6.54. The number of benzene rings is 2. The van der Waals surface area contributed by atoms with E-state index >= 15 is 0 Å². The molecule has 3 aliphatic heterocycles. The fourth-order valence-electron chi connectivity index (χ4n) is 6.37. The van der Waals surface area contributed by atoms with Crippen LogP contribution in [0.4, 0.5) is 0 Å². The first-order chi connectivity index (χ1) is 18.0. The normalized spacial score (nSPS) is 26.3. The number of carbonyl (C=O) groups is 3. The van der Waals surface area contributed by atoms with Crippen molar-refractivity contribution in [3.05, 3.63) is 64.7 Å². The summed E-state index contributed by atoms with van der Waals surface area (Å²) in [6, 6.07) is 15.5. The standard InChI is InChI=1S/C29H30N4O4/c30-14-18-5-1-2-6-22(18)20-15-32(16-20)24-7-3-4-8-26(24)37-21-9-10-23-19(13-21)17-33(29(23)36)25-11-12-27(34)31-28(25)35/h1-2,5-6,9-10,13,20,24-26H,3-4,7-8,11-12,15-17H2,(H,31,34,35)/t24-,25?,26+/m1/s1. The number of nitrogens with zero attached hydrogens (tertiary/aromatic N) is 3. The van der Waals surface area contributed by atoms with Gasteiger partial charge >= 0.3 is 0 Å². The van der Waals surface area contributed by atoms with Gasteiger partial charge < -0.3 is 9.64 Å². The van der Waals surface area contributed by atoms with Crippen molar-refractivity contribution in [2.45, 2.75) is 69.2 Å². The highest BCUT2D eigenvalue weighted by Gasteiger charge is 2.41. The molecule has 6 rings (SSSR count). The lowest BCUT2D eigenvalue weighted by atomic mass is 9.83. The molecule has 37 heavy (non-hydrogen) atoms. The molecule has 0 spiro atoms. The van der Waals surface area contributed by atoms with Crippen LogP contribution in [-0.4, -0.2) is 58.8 Å². The minimum Gasteiger partial charge on any atom is -0.489 e. The molecular weight excluding hydrogens is 468 g/mol. The fourth-order valence-corrected chi connectivity index (χ4v) is 6.37. The van der Waals surface area contributed by atoms with Crippen LogP contribution in [0.15, 0.2) is 42.5 Å². The molecule has 2 aromatic rings. The van der Waals surface area contributed by atoms with Gasteiger partial charge in [0.25, 0.3) is 5.91 Å². The molecule has 2 saturated heterocycles. The molecular formula is C29H30N4O4. The molecule has 8 heteroatoms. The number of hydrogen-bond acceptors (Lipinski definition) is 6. The Morgan fingerprint density at radius 3 is 2.62 bits per heavy atom. The van der Waals surface area contributed by atoms with Crippen molar-refractivity contribution in [3.63, 3.8) is 0 Å². The molecule has 0 aromatic heterocycles. The van der Waals surface area contributed by atoms with Gasteiger partial charge in [-0.2, -0.15) is 5.26 Å². The zero-order valence-electron chi connectivity index (χ0n) is 20.7. The first-order valence-corrected chi connectivity index (χ1v) is 13.2. The summed E-state index contributed by atoms with van der Waals surface area (Å²) in [7, 11) is 0. The lowest BCUT2D eigenvalue weighted by molar-refractivity contribution is -0.136. The van der Waals surface area contributed by atoms with Gasteiger partial charge in [-0.1, -0.05) is 24.6 Å². The van der Waals surface area contributed by atoms with Crippen molar-refractivity contribution in [2.75, 3.05) is 13.1 Å². The molecule has 3 heterocycles. The van der Waals surface area contributed by atoms with Gasteiger partial charge in [0.2, 0.25) is 11.8 Å². The monoisotopic (exact) mass is 498 g/mol. The van der Waals surface area contributed by atoms with Gasteiger partial charge in [-0.05, 0) is 61.1 Å². The molecule has 190 valence electrons. The van der Waals surface area contributed by atoms with Gasteiger partial charge in [-0.15, -0.1) is 0 Å². The molecule has 1 aliphatic carbocycles. The minimum atomic E-state index is -0.616. The summed E-state index contributed by atoms with van der Waals surface area (Å²) in [6.45, 7) is 2.21. The first kappa shape index (κ1) is 23.7. The van der Waals surface area contributed by atoms with E-state index in [0.29, 0.717) is 30.5 Å². The summed E-state index contributed by atoms with van der Waals surface area (Å²) in [4.78, 5) is 40.9. The van der Waals surface area contributed by atoms with Crippen molar-refractivity contribution in [1.29, 1.82) is 5.26 Å². The first-order valence-electron chi connectivity index (χ1n) is 13.2. The molecule has 3 atom stereocenters. The largest absolute Gasteiger partial charge is 0.489 e. The van der Waals surface area contributed by atoms with Crippen molar-refractivity contribution in [3.8, 4) is 11.8 Å². The number of fused-ring (bicyclic) bond motifs is 1. The van der Waals surface area contributed by atoms with Crippen LogP contribution in [0.2, 0.25) is 0 Å². The number of piperidine rings is 1. The number of nitriles is 1. The zero-order valence-corrected chi connectivity index (χ0v) is 20.7. The molecule has 3 amide bonds. The van der Waals surface area contributed by atoms with E-state index in [1.807, 2.05) is 30.3 Å². The maximum Gasteiger partial charge on any atom is 0.255 e. The lowest BCUT2D eigenvalue weighted by Crippen LogP contribution is -2.57. The lowest BCUT2D eigenvalue weighted by Gasteiger charge is -2.48. The highest BCUT2D eigenvalue weighted by molar-refractivity contribution is 6.05. The molecule has 1 saturated carbocycles. The van der Waals surface area contributed by atoms with E-state index in [9.17, 15) is 19.6 Å². The van der Waals surface area contributed by atoms with Crippen LogP contribution in [0.25, 0.3) is 0 Å². The predicted octanol–water partition coefficient (Wildman–Crippen LogP) is 3.11. The minimum absolute atomic E-state index is 0.0716. The van der Waals surface area contributed by atoms with Crippen LogP contribution in [0.3, 0.4) is 0 Å². The summed E-state index contributed by atoms with van der Waals surface area (Å²) in [5.74, 6) is 0.272. The maximum atomic E-state index is 13.0. The molecule has 8 nitrogen and oxygen atoms in total. The Bertz CT molecular complexity index is 1300. The number of imide groups is 1. The number of carbonyl (C=O) groups excluding carboxylic acids is 3. The van der Waals surface area contributed by atoms with Crippen LogP contribution in [0.1, 0.15) is 71.5 Å². The molecule has 1 N–H and O–H groups in total. The van der Waals surface area contributed by atoms with E-state index in [1.54, 1.807) is 11.0 Å². The van der Waals surface area contributed by atoms with E-state index < -0.39 is 11.9 Å². The Morgan fingerprint density at radius 2 is 1.81 bits per heavy atom. The van der Waals surface area contributed by atoms with E-state index in [4.69, 9.17) is 4.74 Å². The van der Waals surface area contributed by atoms with Gasteiger partial charge in [0, 0.05) is 43.6 Å². The third-order valence-corrected chi connectivity index (χ3v) is 8.35. The average Bonchev–Trinajstić information content (AvgIpc) is 3.20. The highest BCUT2D eigenvalue weighted by atomic mass is 16.5. The Labute approximate surface area is 216 Å². The van der Waals surface area contributed by atoms with Crippen LogP contribution in [0, 0.1) is 11.3 Å². The van der Waals surface area contributed by atoms with Crippen LogP contribution in [-0.2, 0) is 16.1 Å². The molecule has 0 radical (unpaired) electrons. The number of nitrogens with one attached hydrogen (secondary N) is 1. The Hall–Kier alpha value is -3.70. The molecule has 0 bridgehead atoms. The van der Waals surface area contributed by atoms with Crippen molar-refractivity contribution < 1.29 is 19.1 Å². The molecule has 1 unspecified atom stereocenters. The second-order valence-corrected chi connectivity index (χ2v) is 10.6. The highest BCUT2D eigenvalue weighted by Crippen LogP contribution is 2.37. The second kappa shape index (κ2) is 9.64. The Balaban J connectivity index is 1.12. The van der Waals surface area contributed by atoms with Crippen molar-refractivity contribution >= 4 is 17.7 Å². The van der Waals surface area contributed by atoms with Crippen molar-refractivity contribution in [2.24, 2.45) is 0 Å². The van der Waals surface area contributed by atoms with Crippen LogP contribution in [0.5, 0.6) is 5.75 Å². The van der Waals surface area contributed by atoms with Gasteiger partial charge in [0.1, 0.15) is 17.9 Å². The van der Waals surface area contributed by atoms with E-state index in [2.05, 4.69) is 22.4 Å². The van der Waals surface area contributed by atoms with Gasteiger partial charge in [0.15, 0.2) is 0 Å². The summed E-state index contributed by atoms with van der Waals surface area (Å²) in [6.07, 6.45) is 5.05. The number of hydrogen-bond donors (Lipinski definition) is 1. The Morgan fingerprint density at radius 1 is 1.00 bits per heavy atom. The number of rotatable bonds is 5. The van der Waals surface area contributed by atoms with Crippen LogP contribution >= 0.6 is 0 Å². The van der Waals surface area contributed by atoms with E-state index in [-0.39, 0.29) is 24.3 Å². The zero-order chi connectivity index (χ0) is 25.5. The Kier molecular flexibility index (Phi) is 6.17. The summed E-state index contributed by atoms with van der Waals surface area (Å²) >= 11 is 0. The summed E-state index contributed by atoms with van der Waals surface area (Å²) in [5.41, 5.74) is 3.36. The predicted molar refractivity (Wildman–Crippen MR) is 135 cm³/mol. The average molecular weight is 499 g/mol.